The summed E-state index contributed by atoms with van der Waals surface area (Å²) in [4.78, 5) is 22.2. The number of carbonyl (C=O) groups excluding carboxylic acids is 1. The molecule has 0 bridgehead atoms. The van der Waals surface area contributed by atoms with Crippen LogP contribution in [-0.4, -0.2) is 25.7 Å². The van der Waals surface area contributed by atoms with Crippen LogP contribution in [0.2, 0.25) is 0 Å². The van der Waals surface area contributed by atoms with Gasteiger partial charge in [0.25, 0.3) is 0 Å². The molecule has 0 atom stereocenters. The maximum Gasteiger partial charge on any atom is 0.244 e. The third-order valence-electron chi connectivity index (χ3n) is 4.87. The van der Waals surface area contributed by atoms with Crippen LogP contribution in [0.1, 0.15) is 10.6 Å². The fraction of sp³-hybridized carbons (Fsp3) is 0.0400. The van der Waals surface area contributed by atoms with Crippen LogP contribution in [0.3, 0.4) is 0 Å². The Morgan fingerprint density at radius 3 is 2.67 bits per heavy atom. The Hall–Kier alpha value is -3.88. The van der Waals surface area contributed by atoms with E-state index in [1.165, 1.54) is 11.3 Å². The minimum absolute atomic E-state index is 0.180. The Morgan fingerprint density at radius 1 is 1.03 bits per heavy atom. The Labute approximate surface area is 198 Å². The van der Waals surface area contributed by atoms with Gasteiger partial charge in [0.15, 0.2) is 0 Å². The first-order chi connectivity index (χ1) is 16.3. The van der Waals surface area contributed by atoms with Crippen LogP contribution < -0.4 is 5.32 Å². The highest BCUT2D eigenvalue weighted by Crippen LogP contribution is 2.28. The quantitative estimate of drug-likeness (QED) is 0.322. The second-order valence-electron chi connectivity index (χ2n) is 7.10. The predicted molar refractivity (Wildman–Crippen MR) is 133 cm³/mol. The van der Waals surface area contributed by atoms with Crippen molar-refractivity contribution in [1.29, 1.82) is 0 Å². The van der Waals surface area contributed by atoms with Crippen LogP contribution in [0.15, 0.2) is 90.0 Å². The highest BCUT2D eigenvalue weighted by atomic mass is 32.1. The number of hydrogen-bond donors (Lipinski definition) is 1. The zero-order valence-electron chi connectivity index (χ0n) is 17.5. The molecule has 33 heavy (non-hydrogen) atoms. The Balaban J connectivity index is 1.29. The number of nitrogens with zero attached hydrogens (tertiary/aromatic N) is 4. The van der Waals surface area contributed by atoms with Gasteiger partial charge in [-0.05, 0) is 41.8 Å². The third-order valence-corrected chi connectivity index (χ3v) is 6.60. The van der Waals surface area contributed by atoms with Crippen molar-refractivity contribution < 1.29 is 4.79 Å². The van der Waals surface area contributed by atoms with E-state index in [-0.39, 0.29) is 5.91 Å². The number of rotatable bonds is 7. The lowest BCUT2D eigenvalue weighted by atomic mass is 10.2. The average molecular weight is 470 g/mol. The van der Waals surface area contributed by atoms with Gasteiger partial charge in [-0.25, -0.2) is 9.67 Å². The summed E-state index contributed by atoms with van der Waals surface area (Å²) in [7, 11) is 0. The van der Waals surface area contributed by atoms with Gasteiger partial charge in [0, 0.05) is 41.2 Å². The van der Waals surface area contributed by atoms with Gasteiger partial charge in [0.2, 0.25) is 5.91 Å². The SMILES string of the molecule is O=C(/C=C/c1cn(-c2ccccc2)nc1-c1cccs1)NCc1nc(-c2ccncc2)cs1. The molecule has 6 nitrogen and oxygen atoms in total. The number of amides is 1. The van der Waals surface area contributed by atoms with Crippen molar-refractivity contribution in [3.05, 3.63) is 101 Å². The summed E-state index contributed by atoms with van der Waals surface area (Å²) in [6.45, 7) is 0.375. The highest BCUT2D eigenvalue weighted by molar-refractivity contribution is 7.13. The molecule has 8 heteroatoms. The standard InChI is InChI=1S/C25H19N5OS2/c31-23(27-15-24-28-21(17-33-24)18-10-12-26-13-11-18)9-8-19-16-30(20-5-2-1-3-6-20)29-25(19)22-7-4-14-32-22/h1-14,16-17H,15H2,(H,27,31)/b9-8+. The van der Waals surface area contributed by atoms with Crippen molar-refractivity contribution >= 4 is 34.7 Å². The molecule has 0 fully saturated rings. The van der Waals surface area contributed by atoms with Crippen LogP contribution >= 0.6 is 22.7 Å². The average Bonchev–Trinajstić information content (AvgIpc) is 3.63. The van der Waals surface area contributed by atoms with Gasteiger partial charge in [-0.15, -0.1) is 22.7 Å². The van der Waals surface area contributed by atoms with E-state index in [2.05, 4.69) is 15.3 Å². The summed E-state index contributed by atoms with van der Waals surface area (Å²) in [5.74, 6) is -0.180. The lowest BCUT2D eigenvalue weighted by molar-refractivity contribution is -0.116. The topological polar surface area (TPSA) is 72.7 Å². The molecular weight excluding hydrogens is 450 g/mol. The highest BCUT2D eigenvalue weighted by Gasteiger charge is 2.12. The van der Waals surface area contributed by atoms with Crippen LogP contribution in [0, 0.1) is 0 Å². The molecule has 0 saturated carbocycles. The molecule has 4 heterocycles. The van der Waals surface area contributed by atoms with Gasteiger partial charge in [0.05, 0.1) is 22.8 Å². The molecule has 5 rings (SSSR count). The summed E-state index contributed by atoms with van der Waals surface area (Å²) < 4.78 is 1.84. The minimum Gasteiger partial charge on any atom is -0.346 e. The van der Waals surface area contributed by atoms with E-state index in [1.54, 1.807) is 35.9 Å². The molecule has 1 N–H and O–H groups in total. The fourth-order valence-electron chi connectivity index (χ4n) is 3.26. The van der Waals surface area contributed by atoms with Gasteiger partial charge in [-0.2, -0.15) is 5.10 Å². The summed E-state index contributed by atoms with van der Waals surface area (Å²) in [5, 5.41) is 12.5. The zero-order valence-corrected chi connectivity index (χ0v) is 19.1. The second-order valence-corrected chi connectivity index (χ2v) is 8.99. The van der Waals surface area contributed by atoms with Gasteiger partial charge >= 0.3 is 0 Å². The Bertz CT molecular complexity index is 1370. The largest absolute Gasteiger partial charge is 0.346 e. The number of para-hydroxylation sites is 1. The molecule has 0 saturated heterocycles. The molecule has 0 unspecified atom stereocenters. The number of hydrogen-bond acceptors (Lipinski definition) is 6. The number of carbonyl (C=O) groups is 1. The maximum atomic E-state index is 12.5. The van der Waals surface area contributed by atoms with E-state index >= 15 is 0 Å². The van der Waals surface area contributed by atoms with Gasteiger partial charge in [-0.3, -0.25) is 9.78 Å². The van der Waals surface area contributed by atoms with Gasteiger partial charge < -0.3 is 5.32 Å². The van der Waals surface area contributed by atoms with Crippen molar-refractivity contribution in [1.82, 2.24) is 25.1 Å². The molecule has 0 aliphatic rings. The summed E-state index contributed by atoms with van der Waals surface area (Å²) in [6, 6.07) is 17.8. The van der Waals surface area contributed by atoms with Crippen LogP contribution in [0.5, 0.6) is 0 Å². The normalized spacial score (nSPS) is 11.2. The number of benzene rings is 1. The molecule has 4 aromatic heterocycles. The number of aromatic nitrogens is 4. The number of thiazole rings is 1. The molecular formula is C25H19N5OS2. The lowest BCUT2D eigenvalue weighted by Gasteiger charge is -1.99. The smallest absolute Gasteiger partial charge is 0.244 e. The summed E-state index contributed by atoms with van der Waals surface area (Å²) >= 11 is 3.14. The lowest BCUT2D eigenvalue weighted by Crippen LogP contribution is -2.20. The van der Waals surface area contributed by atoms with Crippen LogP contribution in [0.25, 0.3) is 33.6 Å². The van der Waals surface area contributed by atoms with Crippen LogP contribution in [-0.2, 0) is 11.3 Å². The monoisotopic (exact) mass is 469 g/mol. The fourth-order valence-corrected chi connectivity index (χ4v) is 4.74. The van der Waals surface area contributed by atoms with Crippen molar-refractivity contribution in [3.63, 3.8) is 0 Å². The van der Waals surface area contributed by atoms with Gasteiger partial charge in [0.1, 0.15) is 10.7 Å². The maximum absolute atomic E-state index is 12.5. The van der Waals surface area contributed by atoms with Gasteiger partial charge in [-0.1, -0.05) is 24.3 Å². The van der Waals surface area contributed by atoms with Crippen molar-refractivity contribution in [2.75, 3.05) is 0 Å². The second kappa shape index (κ2) is 9.72. The molecule has 0 aliphatic carbocycles. The molecule has 0 spiro atoms. The molecule has 1 aromatic carbocycles. The summed E-state index contributed by atoms with van der Waals surface area (Å²) in [5.41, 5.74) is 4.59. The first kappa shape index (κ1) is 21.0. The third kappa shape index (κ3) is 4.97. The van der Waals surface area contributed by atoms with E-state index in [0.717, 1.165) is 38.1 Å². The zero-order chi connectivity index (χ0) is 22.5. The van der Waals surface area contributed by atoms with Crippen molar-refractivity contribution in [2.24, 2.45) is 0 Å². The summed E-state index contributed by atoms with van der Waals surface area (Å²) in [6.07, 6.45) is 8.77. The van der Waals surface area contributed by atoms with E-state index in [9.17, 15) is 4.79 Å². The van der Waals surface area contributed by atoms with E-state index in [0.29, 0.717) is 6.54 Å². The van der Waals surface area contributed by atoms with E-state index < -0.39 is 0 Å². The van der Waals surface area contributed by atoms with E-state index in [1.807, 2.05) is 76.2 Å². The number of nitrogens with one attached hydrogen (secondary N) is 1. The molecule has 162 valence electrons. The van der Waals surface area contributed by atoms with Crippen molar-refractivity contribution in [2.45, 2.75) is 6.54 Å². The molecule has 0 aliphatic heterocycles. The van der Waals surface area contributed by atoms with Crippen molar-refractivity contribution in [3.8, 4) is 27.5 Å². The van der Waals surface area contributed by atoms with Crippen LogP contribution in [0.4, 0.5) is 0 Å². The Kier molecular flexibility index (Phi) is 6.19. The first-order valence-corrected chi connectivity index (χ1v) is 12.0. The number of pyridine rings is 1. The predicted octanol–water partition coefficient (Wildman–Crippen LogP) is 5.45. The Morgan fingerprint density at radius 2 is 1.88 bits per heavy atom. The molecule has 1 amide bonds. The molecule has 0 radical (unpaired) electrons. The van der Waals surface area contributed by atoms with E-state index in [4.69, 9.17) is 5.10 Å². The number of thiophene rings is 1. The molecule has 5 aromatic rings. The first-order valence-electron chi connectivity index (χ1n) is 10.3. The minimum atomic E-state index is -0.180.